The number of rotatable bonds is 10. The number of thioether (sulfide) groups is 1. The molecule has 0 fully saturated rings. The van der Waals surface area contributed by atoms with Gasteiger partial charge in [0.15, 0.2) is 6.29 Å². The number of amides is 2. The average Bonchev–Trinajstić information content (AvgIpc) is 2.52. The summed E-state index contributed by atoms with van der Waals surface area (Å²) < 4.78 is 10.9. The van der Waals surface area contributed by atoms with E-state index in [1.165, 1.54) is 0 Å². The van der Waals surface area contributed by atoms with E-state index in [1.54, 1.807) is 11.8 Å². The highest BCUT2D eigenvalue weighted by atomic mass is 32.2. The first-order valence-electron chi connectivity index (χ1n) is 7.62. The number of anilines is 1. The maximum Gasteiger partial charge on any atom is 0.319 e. The van der Waals surface area contributed by atoms with E-state index in [1.807, 2.05) is 44.4 Å². The molecule has 0 bridgehead atoms. The van der Waals surface area contributed by atoms with Gasteiger partial charge in [0.05, 0.1) is 5.69 Å². The summed E-state index contributed by atoms with van der Waals surface area (Å²) in [5.41, 5.74) is 0.828. The molecule has 1 aromatic carbocycles. The maximum atomic E-state index is 11.9. The Kier molecular flexibility index (Phi) is 9.70. The summed E-state index contributed by atoms with van der Waals surface area (Å²) in [6.07, 6.45) is 3.38. The number of hydrogen-bond acceptors (Lipinski definition) is 4. The minimum atomic E-state index is -0.189. The Bertz CT molecular complexity index is 437. The van der Waals surface area contributed by atoms with Gasteiger partial charge in [-0.25, -0.2) is 4.79 Å². The summed E-state index contributed by atoms with van der Waals surface area (Å²) in [6, 6.07) is 7.55. The molecule has 1 aromatic rings. The molecule has 0 atom stereocenters. The third kappa shape index (κ3) is 7.15. The first-order chi connectivity index (χ1) is 10.7. The van der Waals surface area contributed by atoms with Crippen molar-refractivity contribution in [2.75, 3.05) is 31.3 Å². The molecular formula is C16H26N2O3S. The van der Waals surface area contributed by atoms with Crippen LogP contribution in [-0.2, 0) is 9.47 Å². The molecule has 2 N–H and O–H groups in total. The average molecular weight is 326 g/mol. The normalized spacial score (nSPS) is 10.7. The van der Waals surface area contributed by atoms with E-state index in [0.717, 1.165) is 23.4 Å². The first kappa shape index (κ1) is 18.8. The van der Waals surface area contributed by atoms with Crippen LogP contribution in [0.5, 0.6) is 0 Å². The summed E-state index contributed by atoms with van der Waals surface area (Å²) in [7, 11) is 0. The van der Waals surface area contributed by atoms with Crippen molar-refractivity contribution in [1.29, 1.82) is 0 Å². The van der Waals surface area contributed by atoms with Crippen molar-refractivity contribution in [3.8, 4) is 0 Å². The van der Waals surface area contributed by atoms with Gasteiger partial charge in [-0.15, -0.1) is 11.8 Å². The van der Waals surface area contributed by atoms with E-state index >= 15 is 0 Å². The van der Waals surface area contributed by atoms with Crippen LogP contribution in [0.15, 0.2) is 29.2 Å². The Hall–Kier alpha value is -1.24. The van der Waals surface area contributed by atoms with E-state index < -0.39 is 0 Å². The van der Waals surface area contributed by atoms with Crippen LogP contribution in [0.3, 0.4) is 0 Å². The minimum Gasteiger partial charge on any atom is -0.353 e. The van der Waals surface area contributed by atoms with E-state index in [2.05, 4.69) is 10.6 Å². The van der Waals surface area contributed by atoms with Crippen LogP contribution in [0.25, 0.3) is 0 Å². The van der Waals surface area contributed by atoms with Crippen molar-refractivity contribution >= 4 is 23.5 Å². The fourth-order valence-electron chi connectivity index (χ4n) is 1.97. The number of para-hydroxylation sites is 1. The lowest BCUT2D eigenvalue weighted by molar-refractivity contribution is -0.139. The van der Waals surface area contributed by atoms with Crippen LogP contribution in [0.4, 0.5) is 10.5 Å². The Morgan fingerprint density at radius 3 is 2.55 bits per heavy atom. The van der Waals surface area contributed by atoms with Gasteiger partial charge < -0.3 is 20.1 Å². The lowest BCUT2D eigenvalue weighted by Gasteiger charge is -2.17. The van der Waals surface area contributed by atoms with Gasteiger partial charge in [0.1, 0.15) is 0 Å². The number of benzene rings is 1. The molecule has 0 unspecified atom stereocenters. The summed E-state index contributed by atoms with van der Waals surface area (Å²) in [6.45, 7) is 5.74. The monoisotopic (exact) mass is 326 g/mol. The van der Waals surface area contributed by atoms with E-state index in [9.17, 15) is 4.79 Å². The number of nitrogens with one attached hydrogen (secondary N) is 2. The van der Waals surface area contributed by atoms with Crippen LogP contribution < -0.4 is 10.6 Å². The third-order valence-corrected chi connectivity index (χ3v) is 3.76. The quantitative estimate of drug-likeness (QED) is 0.391. The Morgan fingerprint density at radius 1 is 1.23 bits per heavy atom. The lowest BCUT2D eigenvalue weighted by Crippen LogP contribution is -2.30. The Balaban J connectivity index is 2.28. The highest BCUT2D eigenvalue weighted by Gasteiger charge is 2.08. The number of urea groups is 1. The fraction of sp³-hybridized carbons (Fsp3) is 0.562. The molecule has 2 amide bonds. The topological polar surface area (TPSA) is 59.6 Å². The minimum absolute atomic E-state index is 0.183. The van der Waals surface area contributed by atoms with Gasteiger partial charge in [0, 0.05) is 31.1 Å². The van der Waals surface area contributed by atoms with Gasteiger partial charge in [-0.05, 0) is 38.7 Å². The lowest BCUT2D eigenvalue weighted by atomic mass is 10.3. The summed E-state index contributed by atoms with van der Waals surface area (Å²) in [4.78, 5) is 12.9. The Morgan fingerprint density at radius 2 is 1.91 bits per heavy atom. The number of hydrogen-bond donors (Lipinski definition) is 2. The standard InChI is InChI=1S/C16H26N2O3S/c1-4-20-15(21-5-2)11-8-12-17-16(19)18-13-9-6-7-10-14(13)22-3/h6-7,9-10,15H,4-5,8,11-12H2,1-3H3,(H2,17,18,19). The van der Waals surface area contributed by atoms with E-state index in [0.29, 0.717) is 19.8 Å². The summed E-state index contributed by atoms with van der Waals surface area (Å²) >= 11 is 1.61. The largest absolute Gasteiger partial charge is 0.353 e. The van der Waals surface area contributed by atoms with Crippen molar-refractivity contribution in [2.45, 2.75) is 37.9 Å². The van der Waals surface area contributed by atoms with Crippen molar-refractivity contribution < 1.29 is 14.3 Å². The molecule has 0 heterocycles. The zero-order valence-corrected chi connectivity index (χ0v) is 14.4. The second-order valence-electron chi connectivity index (χ2n) is 4.56. The van der Waals surface area contributed by atoms with Gasteiger partial charge in [-0.1, -0.05) is 12.1 Å². The highest BCUT2D eigenvalue weighted by Crippen LogP contribution is 2.24. The molecule has 0 aromatic heterocycles. The van der Waals surface area contributed by atoms with E-state index in [4.69, 9.17) is 9.47 Å². The Labute approximate surface area is 137 Å². The number of carbonyl (C=O) groups is 1. The SMILES string of the molecule is CCOC(CCCNC(=O)Nc1ccccc1SC)OCC. The van der Waals surface area contributed by atoms with Gasteiger partial charge in [-0.2, -0.15) is 0 Å². The molecule has 6 heteroatoms. The van der Waals surface area contributed by atoms with Crippen molar-refractivity contribution in [3.05, 3.63) is 24.3 Å². The smallest absolute Gasteiger partial charge is 0.319 e. The van der Waals surface area contributed by atoms with Gasteiger partial charge in [0.25, 0.3) is 0 Å². The van der Waals surface area contributed by atoms with Gasteiger partial charge in [0.2, 0.25) is 0 Å². The first-order valence-corrected chi connectivity index (χ1v) is 8.84. The predicted octanol–water partition coefficient (Wildman–Crippen LogP) is 3.71. The van der Waals surface area contributed by atoms with Crippen molar-refractivity contribution in [2.24, 2.45) is 0 Å². The fourth-order valence-corrected chi connectivity index (χ4v) is 2.53. The van der Waals surface area contributed by atoms with Crippen LogP contribution in [0, 0.1) is 0 Å². The van der Waals surface area contributed by atoms with Gasteiger partial charge >= 0.3 is 6.03 Å². The van der Waals surface area contributed by atoms with Crippen LogP contribution in [0.1, 0.15) is 26.7 Å². The number of carbonyl (C=O) groups excluding carboxylic acids is 1. The third-order valence-electron chi connectivity index (χ3n) is 2.96. The van der Waals surface area contributed by atoms with Crippen molar-refractivity contribution in [1.82, 2.24) is 5.32 Å². The molecule has 0 aliphatic carbocycles. The van der Waals surface area contributed by atoms with Crippen LogP contribution in [-0.4, -0.2) is 38.3 Å². The summed E-state index contributed by atoms with van der Waals surface area (Å²) in [5.74, 6) is 0. The molecule has 0 spiro atoms. The van der Waals surface area contributed by atoms with E-state index in [-0.39, 0.29) is 12.3 Å². The predicted molar refractivity (Wildman–Crippen MR) is 91.5 cm³/mol. The maximum absolute atomic E-state index is 11.9. The molecule has 22 heavy (non-hydrogen) atoms. The molecule has 5 nitrogen and oxygen atoms in total. The molecule has 1 rings (SSSR count). The molecule has 124 valence electrons. The summed E-state index contributed by atoms with van der Waals surface area (Å²) in [5, 5.41) is 5.72. The molecule has 0 radical (unpaired) electrons. The molecule has 0 saturated heterocycles. The second kappa shape index (κ2) is 11.3. The zero-order chi connectivity index (χ0) is 16.2. The highest BCUT2D eigenvalue weighted by molar-refractivity contribution is 7.98. The van der Waals surface area contributed by atoms with Crippen molar-refractivity contribution in [3.63, 3.8) is 0 Å². The number of ether oxygens (including phenoxy) is 2. The second-order valence-corrected chi connectivity index (χ2v) is 5.41. The van der Waals surface area contributed by atoms with Gasteiger partial charge in [-0.3, -0.25) is 0 Å². The van der Waals surface area contributed by atoms with Crippen LogP contribution in [0.2, 0.25) is 0 Å². The van der Waals surface area contributed by atoms with Crippen LogP contribution >= 0.6 is 11.8 Å². The zero-order valence-electron chi connectivity index (χ0n) is 13.6. The molecule has 0 aliphatic heterocycles. The molecule has 0 saturated carbocycles. The molecule has 0 aliphatic rings. The molecular weight excluding hydrogens is 300 g/mol.